The highest BCUT2D eigenvalue weighted by molar-refractivity contribution is 5.80. The molecule has 0 aliphatic heterocycles. The summed E-state index contributed by atoms with van der Waals surface area (Å²) in [5.74, 6) is -2.50. The van der Waals surface area contributed by atoms with E-state index in [1.54, 1.807) is 0 Å². The molecule has 0 aliphatic carbocycles. The molecule has 7 heteroatoms. The predicted octanol–water partition coefficient (Wildman–Crippen LogP) is 3.05. The fourth-order valence-corrected chi connectivity index (χ4v) is 1.34. The van der Waals surface area contributed by atoms with Gasteiger partial charge >= 0.3 is 6.18 Å². The zero-order chi connectivity index (χ0) is 14.5. The predicted molar refractivity (Wildman–Crippen MR) is 56.6 cm³/mol. The third-order valence-electron chi connectivity index (χ3n) is 2.18. The third kappa shape index (κ3) is 6.28. The molecule has 0 amide bonds. The summed E-state index contributed by atoms with van der Waals surface area (Å²) in [7, 11) is 0. The van der Waals surface area contributed by atoms with Crippen LogP contribution in [-0.4, -0.2) is 25.2 Å². The standard InChI is InChI=1S/C12H11F5O2/c13-10-2-1-8(6-11(10)14)5-9(18)3-4-19-7-12(15,16)17/h1-2,6H,3-5,7H2. The maximum Gasteiger partial charge on any atom is 0.411 e. The zero-order valence-electron chi connectivity index (χ0n) is 9.77. The lowest BCUT2D eigenvalue weighted by Crippen LogP contribution is -2.18. The monoisotopic (exact) mass is 282 g/mol. The number of hydrogen-bond donors (Lipinski definition) is 0. The van der Waals surface area contributed by atoms with Crippen LogP contribution in [0.2, 0.25) is 0 Å². The lowest BCUT2D eigenvalue weighted by Gasteiger charge is -2.07. The molecular formula is C12H11F5O2. The number of halogens is 5. The fraction of sp³-hybridized carbons (Fsp3) is 0.417. The van der Waals surface area contributed by atoms with Gasteiger partial charge in [0.05, 0.1) is 6.61 Å². The molecule has 0 fully saturated rings. The summed E-state index contributed by atoms with van der Waals surface area (Å²) in [6.45, 7) is -1.77. The average molecular weight is 282 g/mol. The van der Waals surface area contributed by atoms with Gasteiger partial charge in [-0.15, -0.1) is 0 Å². The maximum atomic E-state index is 12.8. The van der Waals surface area contributed by atoms with Crippen LogP contribution in [0.4, 0.5) is 22.0 Å². The maximum absolute atomic E-state index is 12.8. The van der Waals surface area contributed by atoms with Gasteiger partial charge in [0.25, 0.3) is 0 Å². The van der Waals surface area contributed by atoms with Gasteiger partial charge in [0.15, 0.2) is 11.6 Å². The summed E-state index contributed by atoms with van der Waals surface area (Å²) in [6, 6.07) is 3.01. The van der Waals surface area contributed by atoms with Crippen molar-refractivity contribution in [2.24, 2.45) is 0 Å². The molecule has 0 aromatic heterocycles. The second-order valence-corrected chi connectivity index (χ2v) is 3.88. The third-order valence-corrected chi connectivity index (χ3v) is 2.18. The molecule has 0 saturated carbocycles. The van der Waals surface area contributed by atoms with E-state index in [0.29, 0.717) is 0 Å². The van der Waals surface area contributed by atoms with E-state index in [-0.39, 0.29) is 25.0 Å². The lowest BCUT2D eigenvalue weighted by atomic mass is 10.1. The minimum absolute atomic E-state index is 0.174. The van der Waals surface area contributed by atoms with E-state index in [1.807, 2.05) is 0 Å². The largest absolute Gasteiger partial charge is 0.411 e. The van der Waals surface area contributed by atoms with E-state index in [1.165, 1.54) is 6.07 Å². The van der Waals surface area contributed by atoms with Crippen LogP contribution in [0.15, 0.2) is 18.2 Å². The Balaban J connectivity index is 2.33. The Morgan fingerprint density at radius 1 is 1.16 bits per heavy atom. The summed E-state index contributed by atoms with van der Waals surface area (Å²) >= 11 is 0. The lowest BCUT2D eigenvalue weighted by molar-refractivity contribution is -0.174. The highest BCUT2D eigenvalue weighted by Crippen LogP contribution is 2.14. The number of hydrogen-bond acceptors (Lipinski definition) is 2. The highest BCUT2D eigenvalue weighted by atomic mass is 19.4. The molecule has 1 aromatic rings. The van der Waals surface area contributed by atoms with Crippen molar-refractivity contribution in [2.75, 3.05) is 13.2 Å². The van der Waals surface area contributed by atoms with Crippen LogP contribution in [0, 0.1) is 11.6 Å². The van der Waals surface area contributed by atoms with Gasteiger partial charge in [-0.3, -0.25) is 4.79 Å². The Kier molecular flexibility index (Phi) is 5.41. The normalized spacial score (nSPS) is 11.6. The molecule has 1 aromatic carbocycles. The number of ketones is 1. The van der Waals surface area contributed by atoms with Crippen molar-refractivity contribution in [3.63, 3.8) is 0 Å². The van der Waals surface area contributed by atoms with Crippen LogP contribution < -0.4 is 0 Å². The summed E-state index contributed by atoms with van der Waals surface area (Å²) in [5.41, 5.74) is 0.264. The molecule has 0 bridgehead atoms. The van der Waals surface area contributed by atoms with Gasteiger partial charge in [-0.05, 0) is 17.7 Å². The Morgan fingerprint density at radius 3 is 2.42 bits per heavy atom. The van der Waals surface area contributed by atoms with Crippen molar-refractivity contribution >= 4 is 5.78 Å². The summed E-state index contributed by atoms with van der Waals surface area (Å²) < 4.78 is 64.9. The summed E-state index contributed by atoms with van der Waals surface area (Å²) in [4.78, 5) is 11.4. The topological polar surface area (TPSA) is 26.3 Å². The van der Waals surface area contributed by atoms with E-state index >= 15 is 0 Å². The molecule has 0 aliphatic rings. The number of carbonyl (C=O) groups excluding carboxylic acids is 1. The fourth-order valence-electron chi connectivity index (χ4n) is 1.34. The molecule has 0 atom stereocenters. The minimum atomic E-state index is -4.43. The van der Waals surface area contributed by atoms with Crippen molar-refractivity contribution in [1.29, 1.82) is 0 Å². The van der Waals surface area contributed by atoms with Gasteiger partial charge in [-0.1, -0.05) is 6.07 Å². The van der Waals surface area contributed by atoms with E-state index < -0.39 is 30.2 Å². The highest BCUT2D eigenvalue weighted by Gasteiger charge is 2.27. The van der Waals surface area contributed by atoms with Crippen LogP contribution in [0.25, 0.3) is 0 Å². The molecule has 1 rings (SSSR count). The van der Waals surface area contributed by atoms with Gasteiger partial charge in [-0.25, -0.2) is 8.78 Å². The molecular weight excluding hydrogens is 271 g/mol. The minimum Gasteiger partial charge on any atom is -0.372 e. The van der Waals surface area contributed by atoms with Crippen molar-refractivity contribution in [3.05, 3.63) is 35.4 Å². The number of Topliss-reactive ketones (excluding diaryl/α,β-unsaturated/α-hetero) is 1. The first-order valence-electron chi connectivity index (χ1n) is 5.38. The van der Waals surface area contributed by atoms with Crippen LogP contribution in [-0.2, 0) is 16.0 Å². The quantitative estimate of drug-likeness (QED) is 0.592. The van der Waals surface area contributed by atoms with Crippen LogP contribution in [0.3, 0.4) is 0 Å². The second kappa shape index (κ2) is 6.60. The molecule has 106 valence electrons. The molecule has 0 N–H and O–H groups in total. The second-order valence-electron chi connectivity index (χ2n) is 3.88. The van der Waals surface area contributed by atoms with Gasteiger partial charge < -0.3 is 4.74 Å². The first-order valence-corrected chi connectivity index (χ1v) is 5.38. The Bertz CT molecular complexity index is 442. The molecule has 0 heterocycles. The number of ether oxygens (including phenoxy) is 1. The van der Waals surface area contributed by atoms with E-state index in [4.69, 9.17) is 0 Å². The summed E-state index contributed by atoms with van der Waals surface area (Å²) in [6.07, 6.45) is -4.81. The van der Waals surface area contributed by atoms with E-state index in [0.717, 1.165) is 12.1 Å². The Hall–Kier alpha value is -1.50. The van der Waals surface area contributed by atoms with Crippen molar-refractivity contribution < 1.29 is 31.5 Å². The van der Waals surface area contributed by atoms with E-state index in [2.05, 4.69) is 4.74 Å². The Labute approximate surface area is 106 Å². The van der Waals surface area contributed by atoms with E-state index in [9.17, 15) is 26.7 Å². The first kappa shape index (κ1) is 15.6. The van der Waals surface area contributed by atoms with Gasteiger partial charge in [-0.2, -0.15) is 13.2 Å². The first-order chi connectivity index (χ1) is 8.78. The molecule has 0 saturated heterocycles. The number of rotatable bonds is 6. The summed E-state index contributed by atoms with van der Waals surface area (Å²) in [5, 5.41) is 0. The van der Waals surface area contributed by atoms with Crippen molar-refractivity contribution in [1.82, 2.24) is 0 Å². The van der Waals surface area contributed by atoms with Gasteiger partial charge in [0.1, 0.15) is 12.4 Å². The molecule has 0 unspecified atom stereocenters. The van der Waals surface area contributed by atoms with Crippen molar-refractivity contribution in [3.8, 4) is 0 Å². The van der Waals surface area contributed by atoms with Crippen LogP contribution in [0.1, 0.15) is 12.0 Å². The number of benzene rings is 1. The molecule has 2 nitrogen and oxygen atoms in total. The molecule has 0 spiro atoms. The molecule has 0 radical (unpaired) electrons. The van der Waals surface area contributed by atoms with Gasteiger partial charge in [0, 0.05) is 12.8 Å². The smallest absolute Gasteiger partial charge is 0.372 e. The number of carbonyl (C=O) groups is 1. The van der Waals surface area contributed by atoms with Crippen molar-refractivity contribution in [2.45, 2.75) is 19.0 Å². The number of alkyl halides is 3. The zero-order valence-corrected chi connectivity index (χ0v) is 9.77. The Morgan fingerprint density at radius 2 is 1.84 bits per heavy atom. The van der Waals surface area contributed by atoms with Crippen LogP contribution >= 0.6 is 0 Å². The SMILES string of the molecule is O=C(CCOCC(F)(F)F)Cc1ccc(F)c(F)c1. The van der Waals surface area contributed by atoms with Gasteiger partial charge in [0.2, 0.25) is 0 Å². The average Bonchev–Trinajstić information content (AvgIpc) is 2.28. The molecule has 19 heavy (non-hydrogen) atoms. The van der Waals surface area contributed by atoms with Crippen LogP contribution in [0.5, 0.6) is 0 Å².